The molecule has 3 nitrogen and oxygen atoms in total. The van der Waals surface area contributed by atoms with Gasteiger partial charge in [-0.15, -0.1) is 11.8 Å². The number of hydrogen-bond acceptors (Lipinski definition) is 2. The normalized spacial score (nSPS) is 15.6. The number of nitrogens with one attached hydrogen (secondary N) is 2. The van der Waals surface area contributed by atoms with Crippen molar-refractivity contribution in [2.75, 3.05) is 12.3 Å². The molecule has 86 valence electrons. The summed E-state index contributed by atoms with van der Waals surface area (Å²) < 4.78 is 0. The van der Waals surface area contributed by atoms with Gasteiger partial charge in [0.15, 0.2) is 0 Å². The van der Waals surface area contributed by atoms with Crippen LogP contribution in [0.15, 0.2) is 10.6 Å². The van der Waals surface area contributed by atoms with Gasteiger partial charge in [-0.2, -0.15) is 0 Å². The van der Waals surface area contributed by atoms with Gasteiger partial charge in [0.25, 0.3) is 0 Å². The summed E-state index contributed by atoms with van der Waals surface area (Å²) in [7, 11) is 0. The first-order chi connectivity index (χ1) is 7.24. The van der Waals surface area contributed by atoms with E-state index in [1.54, 1.807) is 0 Å². The summed E-state index contributed by atoms with van der Waals surface area (Å²) in [6, 6.07) is -0.0528. The molecule has 0 aromatic carbocycles. The lowest BCUT2D eigenvalue weighted by atomic mass is 10.2. The average molecular weight is 228 g/mol. The van der Waals surface area contributed by atoms with E-state index in [-0.39, 0.29) is 6.03 Å². The predicted molar refractivity (Wildman–Crippen MR) is 65.8 cm³/mol. The van der Waals surface area contributed by atoms with Crippen LogP contribution in [0.5, 0.6) is 0 Å². The molecule has 0 saturated carbocycles. The van der Waals surface area contributed by atoms with Gasteiger partial charge < -0.3 is 10.6 Å². The van der Waals surface area contributed by atoms with E-state index in [0.717, 1.165) is 30.8 Å². The van der Waals surface area contributed by atoms with Crippen LogP contribution in [0.4, 0.5) is 4.79 Å². The van der Waals surface area contributed by atoms with Crippen molar-refractivity contribution in [1.29, 1.82) is 0 Å². The maximum Gasteiger partial charge on any atom is 0.319 e. The number of unbranched alkanes of at least 4 members (excludes halogenated alkanes) is 2. The fourth-order valence-electron chi connectivity index (χ4n) is 1.48. The van der Waals surface area contributed by atoms with Crippen LogP contribution in [0.1, 0.15) is 39.5 Å². The first-order valence-electron chi connectivity index (χ1n) is 5.61. The fourth-order valence-corrected chi connectivity index (χ4v) is 2.42. The van der Waals surface area contributed by atoms with E-state index < -0.39 is 0 Å². The molecule has 4 heteroatoms. The third kappa shape index (κ3) is 4.60. The molecule has 0 radical (unpaired) electrons. The molecule has 0 aromatic heterocycles. The Morgan fingerprint density at radius 2 is 2.27 bits per heavy atom. The van der Waals surface area contributed by atoms with Gasteiger partial charge in [-0.25, -0.2) is 4.79 Å². The molecule has 2 N–H and O–H groups in total. The number of amides is 2. The maximum atomic E-state index is 11.4. The zero-order valence-corrected chi connectivity index (χ0v) is 10.4. The highest BCUT2D eigenvalue weighted by Crippen LogP contribution is 2.28. The smallest absolute Gasteiger partial charge is 0.319 e. The molecule has 0 atom stereocenters. The number of thioether (sulfide) groups is 1. The zero-order chi connectivity index (χ0) is 11.1. The predicted octanol–water partition coefficient (Wildman–Crippen LogP) is 2.84. The summed E-state index contributed by atoms with van der Waals surface area (Å²) in [5.41, 5.74) is 1.09. The monoisotopic (exact) mass is 228 g/mol. The molecule has 0 unspecified atom stereocenters. The van der Waals surface area contributed by atoms with E-state index in [9.17, 15) is 4.79 Å². The Labute approximate surface area is 96.1 Å². The third-order valence-corrected chi connectivity index (χ3v) is 3.51. The minimum Gasteiger partial charge on any atom is -0.338 e. The number of rotatable bonds is 5. The Morgan fingerprint density at radius 3 is 2.87 bits per heavy atom. The van der Waals surface area contributed by atoms with Crippen LogP contribution < -0.4 is 10.6 Å². The van der Waals surface area contributed by atoms with Gasteiger partial charge in [0.1, 0.15) is 0 Å². The van der Waals surface area contributed by atoms with E-state index in [4.69, 9.17) is 0 Å². The Hall–Kier alpha value is -0.640. The molecule has 0 bridgehead atoms. The van der Waals surface area contributed by atoms with Gasteiger partial charge in [0.2, 0.25) is 0 Å². The molecule has 1 heterocycles. The minimum atomic E-state index is -0.0528. The second-order valence-electron chi connectivity index (χ2n) is 3.72. The largest absolute Gasteiger partial charge is 0.338 e. The van der Waals surface area contributed by atoms with Crippen LogP contribution in [-0.4, -0.2) is 18.3 Å². The molecule has 0 spiro atoms. The van der Waals surface area contributed by atoms with Gasteiger partial charge >= 0.3 is 6.03 Å². The van der Waals surface area contributed by atoms with Crippen molar-refractivity contribution in [2.45, 2.75) is 39.5 Å². The van der Waals surface area contributed by atoms with E-state index in [1.807, 2.05) is 11.8 Å². The van der Waals surface area contributed by atoms with Crippen LogP contribution in [0.2, 0.25) is 0 Å². The van der Waals surface area contributed by atoms with Gasteiger partial charge in [-0.1, -0.05) is 19.8 Å². The molecule has 1 rings (SSSR count). The Morgan fingerprint density at radius 1 is 1.47 bits per heavy atom. The van der Waals surface area contributed by atoms with Crippen molar-refractivity contribution >= 4 is 17.8 Å². The molecule has 0 aromatic rings. The fraction of sp³-hybridized carbons (Fsp3) is 0.727. The summed E-state index contributed by atoms with van der Waals surface area (Å²) >= 11 is 1.82. The van der Waals surface area contributed by atoms with E-state index in [2.05, 4.69) is 24.5 Å². The minimum absolute atomic E-state index is 0.0528. The van der Waals surface area contributed by atoms with Gasteiger partial charge in [0, 0.05) is 22.9 Å². The van der Waals surface area contributed by atoms with Crippen molar-refractivity contribution in [3.63, 3.8) is 0 Å². The lowest BCUT2D eigenvalue weighted by Crippen LogP contribution is -2.35. The quantitative estimate of drug-likeness (QED) is 0.710. The number of carbonyl (C=O) groups is 1. The third-order valence-electron chi connectivity index (χ3n) is 2.43. The molecule has 1 aliphatic heterocycles. The highest BCUT2D eigenvalue weighted by Gasteiger charge is 2.13. The van der Waals surface area contributed by atoms with E-state index >= 15 is 0 Å². The second-order valence-corrected chi connectivity index (χ2v) is 5.03. The molecule has 0 aliphatic carbocycles. The summed E-state index contributed by atoms with van der Waals surface area (Å²) in [6.07, 6.45) is 4.41. The van der Waals surface area contributed by atoms with Crippen LogP contribution in [0.25, 0.3) is 0 Å². The summed E-state index contributed by atoms with van der Waals surface area (Å²) in [5.74, 6) is 1.09. The van der Waals surface area contributed by atoms with E-state index in [0.29, 0.717) is 0 Å². The number of hydrogen-bond donors (Lipinski definition) is 2. The first-order valence-corrected chi connectivity index (χ1v) is 6.60. The number of urea groups is 1. The van der Waals surface area contributed by atoms with E-state index in [1.165, 1.54) is 17.7 Å². The average Bonchev–Trinajstić information content (AvgIpc) is 2.59. The first kappa shape index (κ1) is 12.4. The van der Waals surface area contributed by atoms with Gasteiger partial charge in [0.05, 0.1) is 0 Å². The summed E-state index contributed by atoms with van der Waals surface area (Å²) in [6.45, 7) is 4.99. The van der Waals surface area contributed by atoms with Gasteiger partial charge in [-0.05, 0) is 19.8 Å². The topological polar surface area (TPSA) is 41.1 Å². The number of allylic oxidation sites excluding steroid dienone is 2. The highest BCUT2D eigenvalue weighted by atomic mass is 32.2. The van der Waals surface area contributed by atoms with Crippen molar-refractivity contribution < 1.29 is 4.79 Å². The molecular formula is C11H20N2OS. The Balaban J connectivity index is 2.16. The lowest BCUT2D eigenvalue weighted by Gasteiger charge is -2.08. The zero-order valence-electron chi connectivity index (χ0n) is 9.56. The van der Waals surface area contributed by atoms with Crippen molar-refractivity contribution in [3.05, 3.63) is 10.6 Å². The van der Waals surface area contributed by atoms with Crippen molar-refractivity contribution in [1.82, 2.24) is 10.6 Å². The summed E-state index contributed by atoms with van der Waals surface area (Å²) in [4.78, 5) is 12.7. The SMILES string of the molecule is CCCCCNC(=O)NC1=C(C)SCC1. The Bertz CT molecular complexity index is 251. The Kier molecular flexibility index (Phi) is 5.61. The molecule has 15 heavy (non-hydrogen) atoms. The maximum absolute atomic E-state index is 11.4. The lowest BCUT2D eigenvalue weighted by molar-refractivity contribution is 0.243. The van der Waals surface area contributed by atoms with Crippen LogP contribution in [0, 0.1) is 0 Å². The molecule has 0 fully saturated rings. The molecular weight excluding hydrogens is 208 g/mol. The molecule has 1 aliphatic rings. The van der Waals surface area contributed by atoms with Crippen LogP contribution in [0.3, 0.4) is 0 Å². The number of carbonyl (C=O) groups excluding carboxylic acids is 1. The second kappa shape index (κ2) is 6.77. The van der Waals surface area contributed by atoms with Crippen LogP contribution in [-0.2, 0) is 0 Å². The highest BCUT2D eigenvalue weighted by molar-refractivity contribution is 8.03. The van der Waals surface area contributed by atoms with Crippen molar-refractivity contribution in [2.24, 2.45) is 0 Å². The summed E-state index contributed by atoms with van der Waals surface area (Å²) in [5, 5.41) is 5.79. The van der Waals surface area contributed by atoms with Crippen molar-refractivity contribution in [3.8, 4) is 0 Å². The molecule has 0 saturated heterocycles. The standard InChI is InChI=1S/C11H20N2OS/c1-3-4-5-7-12-11(14)13-10-6-8-15-9(10)2/h3-8H2,1-2H3,(H2,12,13,14). The van der Waals surface area contributed by atoms with Gasteiger partial charge in [-0.3, -0.25) is 0 Å². The van der Waals surface area contributed by atoms with Crippen LogP contribution >= 0.6 is 11.8 Å². The molecule has 2 amide bonds.